The molecule has 0 aliphatic heterocycles. The molecule has 1 aromatic carbocycles. The Morgan fingerprint density at radius 1 is 1.38 bits per heavy atom. The minimum absolute atomic E-state index is 0.312. The van der Waals surface area contributed by atoms with Gasteiger partial charge in [-0.25, -0.2) is 4.79 Å². The minimum Gasteiger partial charge on any atom is -0.408 e. The van der Waals surface area contributed by atoms with Gasteiger partial charge in [-0.3, -0.25) is 4.57 Å². The predicted molar refractivity (Wildman–Crippen MR) is 65.1 cm³/mol. The van der Waals surface area contributed by atoms with Gasteiger partial charge >= 0.3 is 5.76 Å². The molecule has 0 fully saturated rings. The number of alkyl halides is 1. The molecule has 0 amide bonds. The number of fused-ring (bicyclic) bond motifs is 1. The predicted octanol–water partition coefficient (Wildman–Crippen LogP) is 2.69. The first-order valence-electron chi connectivity index (χ1n) is 5.37. The first-order chi connectivity index (χ1) is 7.72. The fraction of sp³-hybridized carbons (Fsp3) is 0.417. The Balaban J connectivity index is 2.27. The molecule has 0 spiro atoms. The molecular weight excluding hydrogens is 226 g/mol. The van der Waals surface area contributed by atoms with E-state index in [4.69, 9.17) is 16.0 Å². The van der Waals surface area contributed by atoms with Crippen molar-refractivity contribution in [3.05, 3.63) is 34.3 Å². The number of benzene rings is 1. The van der Waals surface area contributed by atoms with E-state index >= 15 is 0 Å². The second-order valence-corrected chi connectivity index (χ2v) is 4.25. The van der Waals surface area contributed by atoms with Gasteiger partial charge in [0.05, 0.1) is 5.52 Å². The first kappa shape index (κ1) is 11.3. The third kappa shape index (κ3) is 2.14. The van der Waals surface area contributed by atoms with Crippen LogP contribution < -0.4 is 5.76 Å². The third-order valence-corrected chi connectivity index (χ3v) is 2.97. The standard InChI is InChI=1S/C12H14ClNO2/c1-14-10-6-5-9(4-2-3-7-13)8-11(10)16-12(14)15/h5-6,8H,2-4,7H2,1H3. The summed E-state index contributed by atoms with van der Waals surface area (Å²) in [5.41, 5.74) is 2.69. The SMILES string of the molecule is Cn1c(=O)oc2cc(CCCCCl)ccc21. The first-order valence-corrected chi connectivity index (χ1v) is 5.90. The zero-order chi connectivity index (χ0) is 11.5. The van der Waals surface area contributed by atoms with Gasteiger partial charge in [-0.15, -0.1) is 11.6 Å². The van der Waals surface area contributed by atoms with Crippen molar-refractivity contribution in [1.29, 1.82) is 0 Å². The lowest BCUT2D eigenvalue weighted by Crippen LogP contribution is -2.08. The smallest absolute Gasteiger partial charge is 0.408 e. The Bertz CT molecular complexity index is 541. The van der Waals surface area contributed by atoms with E-state index in [9.17, 15) is 4.79 Å². The summed E-state index contributed by atoms with van der Waals surface area (Å²) in [6.45, 7) is 0. The van der Waals surface area contributed by atoms with Crippen LogP contribution in [0.1, 0.15) is 18.4 Å². The van der Waals surface area contributed by atoms with Crippen LogP contribution in [-0.4, -0.2) is 10.4 Å². The number of aromatic nitrogens is 1. The van der Waals surface area contributed by atoms with Crippen molar-refractivity contribution in [2.75, 3.05) is 5.88 Å². The third-order valence-electron chi connectivity index (χ3n) is 2.71. The van der Waals surface area contributed by atoms with Crippen LogP contribution in [0.15, 0.2) is 27.4 Å². The molecule has 0 radical (unpaired) electrons. The van der Waals surface area contributed by atoms with Crippen LogP contribution in [0.5, 0.6) is 0 Å². The van der Waals surface area contributed by atoms with Crippen molar-refractivity contribution in [3.8, 4) is 0 Å². The van der Waals surface area contributed by atoms with Crippen molar-refractivity contribution in [2.24, 2.45) is 7.05 Å². The molecule has 4 heteroatoms. The Kier molecular flexibility index (Phi) is 3.34. The highest BCUT2D eigenvalue weighted by atomic mass is 35.5. The van der Waals surface area contributed by atoms with E-state index in [1.54, 1.807) is 7.05 Å². The number of hydrogen-bond acceptors (Lipinski definition) is 2. The van der Waals surface area contributed by atoms with Gasteiger partial charge in [-0.05, 0) is 37.0 Å². The number of hydrogen-bond donors (Lipinski definition) is 0. The molecule has 0 bridgehead atoms. The minimum atomic E-state index is -0.312. The molecule has 0 aliphatic carbocycles. The molecule has 0 saturated heterocycles. The fourth-order valence-corrected chi connectivity index (χ4v) is 1.95. The van der Waals surface area contributed by atoms with Gasteiger partial charge in [-0.1, -0.05) is 6.07 Å². The van der Waals surface area contributed by atoms with Crippen LogP contribution in [-0.2, 0) is 13.5 Å². The maximum absolute atomic E-state index is 11.3. The highest BCUT2D eigenvalue weighted by molar-refractivity contribution is 6.17. The van der Waals surface area contributed by atoms with E-state index in [-0.39, 0.29) is 5.76 Å². The largest absolute Gasteiger partial charge is 0.419 e. The number of oxazole rings is 1. The topological polar surface area (TPSA) is 35.1 Å². The van der Waals surface area contributed by atoms with Crippen LogP contribution >= 0.6 is 11.6 Å². The van der Waals surface area contributed by atoms with Crippen molar-refractivity contribution in [1.82, 2.24) is 4.57 Å². The highest BCUT2D eigenvalue weighted by Crippen LogP contribution is 2.15. The summed E-state index contributed by atoms with van der Waals surface area (Å²) in [6.07, 6.45) is 3.05. The second-order valence-electron chi connectivity index (χ2n) is 3.88. The molecule has 2 aromatic rings. The van der Waals surface area contributed by atoms with Gasteiger partial charge in [0.15, 0.2) is 5.58 Å². The lowest BCUT2D eigenvalue weighted by atomic mass is 10.1. The zero-order valence-corrected chi connectivity index (χ0v) is 9.96. The fourth-order valence-electron chi connectivity index (χ4n) is 1.76. The van der Waals surface area contributed by atoms with Gasteiger partial charge in [0.2, 0.25) is 0 Å². The molecule has 2 rings (SSSR count). The Labute approximate surface area is 98.6 Å². The molecular formula is C12H14ClNO2. The molecule has 0 N–H and O–H groups in total. The Hall–Kier alpha value is -1.22. The van der Waals surface area contributed by atoms with E-state index in [2.05, 4.69) is 0 Å². The van der Waals surface area contributed by atoms with Crippen LogP contribution in [0.4, 0.5) is 0 Å². The number of nitrogens with zero attached hydrogens (tertiary/aromatic N) is 1. The van der Waals surface area contributed by atoms with Gasteiger partial charge in [0.25, 0.3) is 0 Å². The molecule has 3 nitrogen and oxygen atoms in total. The normalized spacial score (nSPS) is 11.1. The average molecular weight is 240 g/mol. The molecule has 0 saturated carbocycles. The van der Waals surface area contributed by atoms with Crippen molar-refractivity contribution >= 4 is 22.7 Å². The summed E-state index contributed by atoms with van der Waals surface area (Å²) in [5.74, 6) is 0.385. The highest BCUT2D eigenvalue weighted by Gasteiger charge is 2.05. The number of aryl methyl sites for hydroxylation is 2. The van der Waals surface area contributed by atoms with Crippen LogP contribution in [0.3, 0.4) is 0 Å². The van der Waals surface area contributed by atoms with Crippen LogP contribution in [0, 0.1) is 0 Å². The van der Waals surface area contributed by atoms with E-state index in [0.29, 0.717) is 11.5 Å². The lowest BCUT2D eigenvalue weighted by Gasteiger charge is -1.99. The Morgan fingerprint density at radius 2 is 2.19 bits per heavy atom. The van der Waals surface area contributed by atoms with Crippen molar-refractivity contribution in [2.45, 2.75) is 19.3 Å². The number of halogens is 1. The summed E-state index contributed by atoms with van der Waals surface area (Å²) >= 11 is 5.62. The van der Waals surface area contributed by atoms with Gasteiger partial charge in [0.1, 0.15) is 0 Å². The number of unbranched alkanes of at least 4 members (excludes halogenated alkanes) is 1. The van der Waals surface area contributed by atoms with E-state index in [0.717, 1.165) is 24.8 Å². The molecule has 86 valence electrons. The van der Waals surface area contributed by atoms with Gasteiger partial charge in [-0.2, -0.15) is 0 Å². The maximum atomic E-state index is 11.3. The molecule has 0 unspecified atom stereocenters. The van der Waals surface area contributed by atoms with Gasteiger partial charge in [0, 0.05) is 12.9 Å². The Morgan fingerprint density at radius 3 is 2.94 bits per heavy atom. The lowest BCUT2D eigenvalue weighted by molar-refractivity contribution is 0.527. The van der Waals surface area contributed by atoms with E-state index < -0.39 is 0 Å². The summed E-state index contributed by atoms with van der Waals surface area (Å²) < 4.78 is 6.64. The molecule has 1 heterocycles. The van der Waals surface area contributed by atoms with Crippen molar-refractivity contribution in [3.63, 3.8) is 0 Å². The van der Waals surface area contributed by atoms with Crippen LogP contribution in [0.2, 0.25) is 0 Å². The maximum Gasteiger partial charge on any atom is 0.419 e. The summed E-state index contributed by atoms with van der Waals surface area (Å²) in [6, 6.07) is 5.90. The summed E-state index contributed by atoms with van der Waals surface area (Å²) in [5, 5.41) is 0. The summed E-state index contributed by atoms with van der Waals surface area (Å²) in [4.78, 5) is 11.3. The van der Waals surface area contributed by atoms with E-state index in [1.165, 1.54) is 10.1 Å². The second kappa shape index (κ2) is 4.74. The molecule has 0 atom stereocenters. The summed E-state index contributed by atoms with van der Waals surface area (Å²) in [7, 11) is 1.71. The monoisotopic (exact) mass is 239 g/mol. The van der Waals surface area contributed by atoms with Crippen molar-refractivity contribution < 1.29 is 4.42 Å². The molecule has 0 aliphatic rings. The quantitative estimate of drug-likeness (QED) is 0.607. The number of rotatable bonds is 4. The zero-order valence-electron chi connectivity index (χ0n) is 9.20. The average Bonchev–Trinajstić information content (AvgIpc) is 2.55. The van der Waals surface area contributed by atoms with Crippen LogP contribution in [0.25, 0.3) is 11.1 Å². The van der Waals surface area contributed by atoms with Gasteiger partial charge < -0.3 is 4.42 Å². The molecule has 16 heavy (non-hydrogen) atoms. The van der Waals surface area contributed by atoms with E-state index in [1.807, 2.05) is 18.2 Å². The molecule has 1 aromatic heterocycles.